The van der Waals surface area contributed by atoms with Crippen LogP contribution in [0, 0.1) is 6.92 Å². The predicted molar refractivity (Wildman–Crippen MR) is 86.6 cm³/mol. The van der Waals surface area contributed by atoms with Gasteiger partial charge in [-0.05, 0) is 24.6 Å². The van der Waals surface area contributed by atoms with Gasteiger partial charge in [0.1, 0.15) is 0 Å². The molecule has 0 aliphatic carbocycles. The number of fused-ring (bicyclic) bond motifs is 1. The van der Waals surface area contributed by atoms with Gasteiger partial charge in [0.25, 0.3) is 0 Å². The number of nitrogens with one attached hydrogen (secondary N) is 2. The van der Waals surface area contributed by atoms with E-state index in [0.717, 1.165) is 21.5 Å². The first kappa shape index (κ1) is 13.7. The number of hydrogen-bond donors (Lipinski definition) is 2. The van der Waals surface area contributed by atoms with Crippen LogP contribution < -0.4 is 5.32 Å². The Bertz CT molecular complexity index is 782. The number of anilines is 1. The Hall–Kier alpha value is -2.27. The molecule has 2 aromatic carbocycles. The maximum Gasteiger partial charge on any atom is 0.234 e. The summed E-state index contributed by atoms with van der Waals surface area (Å²) in [5, 5.41) is 10.8. The number of nitrogens with zero attached hydrogens (tertiary/aromatic N) is 1. The van der Waals surface area contributed by atoms with E-state index in [1.54, 1.807) is 18.0 Å². The third-order valence-electron chi connectivity index (χ3n) is 3.20. The number of carbonyl (C=O) groups is 1. The molecule has 0 bridgehead atoms. The van der Waals surface area contributed by atoms with Crippen molar-refractivity contribution in [1.29, 1.82) is 0 Å². The van der Waals surface area contributed by atoms with Crippen LogP contribution in [0.25, 0.3) is 10.9 Å². The number of aromatic amines is 1. The van der Waals surface area contributed by atoms with Gasteiger partial charge in [-0.3, -0.25) is 9.89 Å². The topological polar surface area (TPSA) is 57.8 Å². The number of hydrogen-bond acceptors (Lipinski definition) is 3. The van der Waals surface area contributed by atoms with Crippen LogP contribution in [0.4, 0.5) is 5.69 Å². The van der Waals surface area contributed by atoms with E-state index < -0.39 is 0 Å². The van der Waals surface area contributed by atoms with E-state index in [-0.39, 0.29) is 5.91 Å². The molecule has 0 aliphatic heterocycles. The first-order chi connectivity index (χ1) is 10.2. The van der Waals surface area contributed by atoms with Gasteiger partial charge >= 0.3 is 0 Å². The van der Waals surface area contributed by atoms with E-state index in [9.17, 15) is 4.79 Å². The molecule has 0 unspecified atom stereocenters. The number of carbonyl (C=O) groups excluding carboxylic acids is 1. The standard InChI is InChI=1S/C16H15N3OS/c1-11-5-2-3-8-14(11)21-10-15(20)18-13-7-4-6-12-9-17-19-16(12)13/h2-9H,10H2,1H3,(H,17,19)(H,18,20). The van der Waals surface area contributed by atoms with Crippen molar-refractivity contribution in [3.8, 4) is 0 Å². The van der Waals surface area contributed by atoms with Gasteiger partial charge in [-0.15, -0.1) is 11.8 Å². The summed E-state index contributed by atoms with van der Waals surface area (Å²) in [5.41, 5.74) is 2.80. The zero-order valence-corrected chi connectivity index (χ0v) is 12.4. The summed E-state index contributed by atoms with van der Waals surface area (Å²) < 4.78 is 0. The molecule has 1 aromatic heterocycles. The summed E-state index contributed by atoms with van der Waals surface area (Å²) in [7, 11) is 0. The first-order valence-corrected chi connectivity index (χ1v) is 7.63. The van der Waals surface area contributed by atoms with Crippen LogP contribution in [0.2, 0.25) is 0 Å². The predicted octanol–water partition coefficient (Wildman–Crippen LogP) is 3.60. The normalized spacial score (nSPS) is 10.7. The van der Waals surface area contributed by atoms with Crippen molar-refractivity contribution in [3.63, 3.8) is 0 Å². The Morgan fingerprint density at radius 3 is 2.95 bits per heavy atom. The zero-order valence-electron chi connectivity index (χ0n) is 11.6. The van der Waals surface area contributed by atoms with E-state index >= 15 is 0 Å². The van der Waals surface area contributed by atoms with E-state index in [1.807, 2.05) is 49.4 Å². The summed E-state index contributed by atoms with van der Waals surface area (Å²) in [4.78, 5) is 13.2. The van der Waals surface area contributed by atoms with Crippen LogP contribution in [0.3, 0.4) is 0 Å². The molecule has 3 aromatic rings. The Morgan fingerprint density at radius 2 is 2.10 bits per heavy atom. The van der Waals surface area contributed by atoms with Crippen LogP contribution in [0.5, 0.6) is 0 Å². The summed E-state index contributed by atoms with van der Waals surface area (Å²) in [5.74, 6) is 0.361. The smallest absolute Gasteiger partial charge is 0.234 e. The molecule has 0 aliphatic rings. The highest BCUT2D eigenvalue weighted by Gasteiger charge is 2.08. The number of thioether (sulfide) groups is 1. The molecule has 4 nitrogen and oxygen atoms in total. The number of aromatic nitrogens is 2. The molecule has 1 amide bonds. The fraction of sp³-hybridized carbons (Fsp3) is 0.125. The Morgan fingerprint density at radius 1 is 1.24 bits per heavy atom. The molecule has 0 spiro atoms. The van der Waals surface area contributed by atoms with Gasteiger partial charge < -0.3 is 5.32 Å². The van der Waals surface area contributed by atoms with Gasteiger partial charge in [0.15, 0.2) is 0 Å². The second kappa shape index (κ2) is 6.01. The molecule has 0 atom stereocenters. The van der Waals surface area contributed by atoms with Crippen molar-refractivity contribution in [2.24, 2.45) is 0 Å². The Kier molecular flexibility index (Phi) is 3.92. The van der Waals surface area contributed by atoms with Crippen molar-refractivity contribution >= 4 is 34.3 Å². The second-order valence-corrected chi connectivity index (χ2v) is 5.76. The minimum Gasteiger partial charge on any atom is -0.323 e. The van der Waals surface area contributed by atoms with Gasteiger partial charge in [0, 0.05) is 10.3 Å². The maximum absolute atomic E-state index is 12.1. The van der Waals surface area contributed by atoms with Gasteiger partial charge in [-0.25, -0.2) is 0 Å². The summed E-state index contributed by atoms with van der Waals surface area (Å²) in [6.45, 7) is 2.05. The van der Waals surface area contributed by atoms with Crippen molar-refractivity contribution in [3.05, 3.63) is 54.2 Å². The fourth-order valence-electron chi connectivity index (χ4n) is 2.12. The molecule has 5 heteroatoms. The number of benzene rings is 2. The molecule has 21 heavy (non-hydrogen) atoms. The molecular formula is C16H15N3OS. The van der Waals surface area contributed by atoms with Crippen molar-refractivity contribution < 1.29 is 4.79 Å². The van der Waals surface area contributed by atoms with Crippen molar-refractivity contribution in [2.75, 3.05) is 11.1 Å². The third kappa shape index (κ3) is 3.08. The molecule has 3 rings (SSSR count). The molecule has 0 saturated carbocycles. The van der Waals surface area contributed by atoms with Crippen molar-refractivity contribution in [1.82, 2.24) is 10.2 Å². The molecular weight excluding hydrogens is 282 g/mol. The lowest BCUT2D eigenvalue weighted by Gasteiger charge is -2.07. The van der Waals surface area contributed by atoms with Gasteiger partial charge in [-0.1, -0.05) is 30.3 Å². The minimum atomic E-state index is -0.0228. The SMILES string of the molecule is Cc1ccccc1SCC(=O)Nc1cccc2cn[nH]c12. The number of H-pyrrole nitrogens is 1. The summed E-state index contributed by atoms with van der Waals surface area (Å²) in [6, 6.07) is 13.8. The van der Waals surface area contributed by atoms with E-state index in [4.69, 9.17) is 0 Å². The largest absolute Gasteiger partial charge is 0.323 e. The molecule has 106 valence electrons. The van der Waals surface area contributed by atoms with Gasteiger partial charge in [0.2, 0.25) is 5.91 Å². The number of rotatable bonds is 4. The maximum atomic E-state index is 12.1. The lowest BCUT2D eigenvalue weighted by molar-refractivity contribution is -0.113. The highest BCUT2D eigenvalue weighted by atomic mass is 32.2. The monoisotopic (exact) mass is 297 g/mol. The number of aryl methyl sites for hydroxylation is 1. The van der Waals surface area contributed by atoms with Crippen LogP contribution in [-0.4, -0.2) is 21.9 Å². The highest BCUT2D eigenvalue weighted by molar-refractivity contribution is 8.00. The second-order valence-electron chi connectivity index (χ2n) is 4.74. The number of para-hydroxylation sites is 1. The quantitative estimate of drug-likeness (QED) is 0.723. The fourth-order valence-corrected chi connectivity index (χ4v) is 2.95. The minimum absolute atomic E-state index is 0.0228. The van der Waals surface area contributed by atoms with Crippen LogP contribution in [0.1, 0.15) is 5.56 Å². The van der Waals surface area contributed by atoms with Crippen LogP contribution in [-0.2, 0) is 4.79 Å². The first-order valence-electron chi connectivity index (χ1n) is 6.64. The average molecular weight is 297 g/mol. The van der Waals surface area contributed by atoms with Crippen molar-refractivity contribution in [2.45, 2.75) is 11.8 Å². The molecule has 0 saturated heterocycles. The Labute approximate surface area is 126 Å². The van der Waals surface area contributed by atoms with Gasteiger partial charge in [0.05, 0.1) is 23.2 Å². The van der Waals surface area contributed by atoms with Crippen LogP contribution >= 0.6 is 11.8 Å². The molecule has 2 N–H and O–H groups in total. The summed E-state index contributed by atoms with van der Waals surface area (Å²) in [6.07, 6.45) is 1.74. The Balaban J connectivity index is 1.67. The average Bonchev–Trinajstić information content (AvgIpc) is 2.96. The van der Waals surface area contributed by atoms with E-state index in [1.165, 1.54) is 5.56 Å². The third-order valence-corrected chi connectivity index (χ3v) is 4.38. The molecule has 0 radical (unpaired) electrons. The summed E-state index contributed by atoms with van der Waals surface area (Å²) >= 11 is 1.54. The highest BCUT2D eigenvalue weighted by Crippen LogP contribution is 2.23. The molecule has 0 fully saturated rings. The van der Waals surface area contributed by atoms with E-state index in [0.29, 0.717) is 5.75 Å². The number of amides is 1. The van der Waals surface area contributed by atoms with E-state index in [2.05, 4.69) is 15.5 Å². The van der Waals surface area contributed by atoms with Gasteiger partial charge in [-0.2, -0.15) is 5.10 Å². The lowest BCUT2D eigenvalue weighted by atomic mass is 10.2. The zero-order chi connectivity index (χ0) is 14.7. The molecule has 1 heterocycles. The van der Waals surface area contributed by atoms with Crippen LogP contribution in [0.15, 0.2) is 53.6 Å². The lowest BCUT2D eigenvalue weighted by Crippen LogP contribution is -2.14.